The molecule has 0 radical (unpaired) electrons. The highest BCUT2D eigenvalue weighted by molar-refractivity contribution is 5.04. The van der Waals surface area contributed by atoms with Gasteiger partial charge in [-0.3, -0.25) is 0 Å². The van der Waals surface area contributed by atoms with Gasteiger partial charge in [0.2, 0.25) is 0 Å². The van der Waals surface area contributed by atoms with E-state index in [-0.39, 0.29) is 6.17 Å². The van der Waals surface area contributed by atoms with E-state index in [1.54, 1.807) is 0 Å². The van der Waals surface area contributed by atoms with Crippen LogP contribution in [0.1, 0.15) is 44.9 Å². The molecule has 0 spiro atoms. The Kier molecular flexibility index (Phi) is 4.03. The van der Waals surface area contributed by atoms with E-state index in [0.717, 1.165) is 25.9 Å². The van der Waals surface area contributed by atoms with Crippen LogP contribution in [0.5, 0.6) is 0 Å². The topological polar surface area (TPSA) is 47.3 Å². The molecule has 0 saturated carbocycles. The van der Waals surface area contributed by atoms with Crippen molar-refractivity contribution in [3.8, 4) is 0 Å². The average Bonchev–Trinajstić information content (AvgIpc) is 2.44. The SMILES string of the molecule is NC1CCCC=C(CC2CCCCO2)N1. The lowest BCUT2D eigenvalue weighted by Crippen LogP contribution is -2.37. The van der Waals surface area contributed by atoms with E-state index in [4.69, 9.17) is 10.5 Å². The van der Waals surface area contributed by atoms with Crippen LogP contribution in [0.15, 0.2) is 11.8 Å². The van der Waals surface area contributed by atoms with Crippen LogP contribution in [-0.2, 0) is 4.74 Å². The molecule has 3 nitrogen and oxygen atoms in total. The summed E-state index contributed by atoms with van der Waals surface area (Å²) in [5, 5.41) is 3.38. The van der Waals surface area contributed by atoms with Crippen LogP contribution in [0.25, 0.3) is 0 Å². The van der Waals surface area contributed by atoms with Gasteiger partial charge in [0.25, 0.3) is 0 Å². The van der Waals surface area contributed by atoms with Gasteiger partial charge in [-0.1, -0.05) is 6.08 Å². The fourth-order valence-corrected chi connectivity index (χ4v) is 2.34. The first-order chi connectivity index (χ1) is 7.34. The number of ether oxygens (including phenoxy) is 1. The van der Waals surface area contributed by atoms with Crippen molar-refractivity contribution < 1.29 is 4.74 Å². The van der Waals surface area contributed by atoms with Gasteiger partial charge >= 0.3 is 0 Å². The summed E-state index contributed by atoms with van der Waals surface area (Å²) in [6, 6.07) is 0. The zero-order valence-electron chi connectivity index (χ0n) is 9.37. The molecule has 86 valence electrons. The summed E-state index contributed by atoms with van der Waals surface area (Å²) in [4.78, 5) is 0. The molecule has 2 atom stereocenters. The zero-order valence-corrected chi connectivity index (χ0v) is 9.37. The summed E-state index contributed by atoms with van der Waals surface area (Å²) in [6.45, 7) is 0.935. The molecule has 0 aliphatic carbocycles. The molecule has 2 unspecified atom stereocenters. The van der Waals surface area contributed by atoms with Crippen LogP contribution in [0, 0.1) is 0 Å². The molecule has 0 bridgehead atoms. The minimum Gasteiger partial charge on any atom is -0.378 e. The van der Waals surface area contributed by atoms with Gasteiger partial charge in [-0.2, -0.15) is 0 Å². The first kappa shape index (κ1) is 11.0. The Bertz CT molecular complexity index is 222. The second-order valence-corrected chi connectivity index (χ2v) is 4.60. The van der Waals surface area contributed by atoms with Crippen molar-refractivity contribution >= 4 is 0 Å². The highest BCUT2D eigenvalue weighted by Gasteiger charge is 2.17. The van der Waals surface area contributed by atoms with Crippen LogP contribution < -0.4 is 11.1 Å². The molecule has 3 heteroatoms. The Morgan fingerprint density at radius 3 is 3.07 bits per heavy atom. The second-order valence-electron chi connectivity index (χ2n) is 4.60. The minimum absolute atomic E-state index is 0.141. The summed E-state index contributed by atoms with van der Waals surface area (Å²) < 4.78 is 5.74. The van der Waals surface area contributed by atoms with Crippen LogP contribution >= 0.6 is 0 Å². The maximum atomic E-state index is 5.94. The standard InChI is InChI=1S/C12H22N2O/c13-12-7-2-1-5-10(14-12)9-11-6-3-4-8-15-11/h5,11-12,14H,1-4,6-9,13H2. The number of allylic oxidation sites excluding steroid dienone is 1. The Balaban J connectivity index is 1.83. The molecule has 2 aliphatic rings. The fourth-order valence-electron chi connectivity index (χ4n) is 2.34. The van der Waals surface area contributed by atoms with E-state index in [0.29, 0.717) is 6.10 Å². The Hall–Kier alpha value is -0.540. The Labute approximate surface area is 92.1 Å². The largest absolute Gasteiger partial charge is 0.378 e. The van der Waals surface area contributed by atoms with Crippen molar-refractivity contribution in [2.45, 2.75) is 57.2 Å². The van der Waals surface area contributed by atoms with E-state index < -0.39 is 0 Å². The predicted octanol–water partition coefficient (Wildman–Crippen LogP) is 1.89. The van der Waals surface area contributed by atoms with E-state index in [2.05, 4.69) is 11.4 Å². The van der Waals surface area contributed by atoms with E-state index in [9.17, 15) is 0 Å². The molecule has 2 aliphatic heterocycles. The molecule has 1 fully saturated rings. The number of nitrogens with two attached hydrogens (primary N) is 1. The minimum atomic E-state index is 0.141. The number of rotatable bonds is 2. The third-order valence-corrected chi connectivity index (χ3v) is 3.20. The monoisotopic (exact) mass is 210 g/mol. The number of hydrogen-bond acceptors (Lipinski definition) is 3. The first-order valence-corrected chi connectivity index (χ1v) is 6.17. The number of nitrogens with one attached hydrogen (secondary N) is 1. The predicted molar refractivity (Wildman–Crippen MR) is 61.3 cm³/mol. The van der Waals surface area contributed by atoms with Gasteiger partial charge in [-0.25, -0.2) is 0 Å². The second kappa shape index (κ2) is 5.52. The van der Waals surface area contributed by atoms with Gasteiger partial charge in [-0.15, -0.1) is 0 Å². The molecule has 3 N–H and O–H groups in total. The molecular formula is C12H22N2O. The molecular weight excluding hydrogens is 188 g/mol. The third kappa shape index (κ3) is 3.50. The smallest absolute Gasteiger partial charge is 0.0740 e. The molecule has 1 saturated heterocycles. The van der Waals surface area contributed by atoms with Gasteiger partial charge in [0, 0.05) is 18.7 Å². The maximum absolute atomic E-state index is 5.94. The lowest BCUT2D eigenvalue weighted by atomic mass is 10.0. The lowest BCUT2D eigenvalue weighted by molar-refractivity contribution is 0.0157. The highest BCUT2D eigenvalue weighted by atomic mass is 16.5. The summed E-state index contributed by atoms with van der Waals surface area (Å²) >= 11 is 0. The van der Waals surface area contributed by atoms with Crippen molar-refractivity contribution in [3.63, 3.8) is 0 Å². The van der Waals surface area contributed by atoms with Gasteiger partial charge in [0.1, 0.15) is 0 Å². The molecule has 2 heterocycles. The first-order valence-electron chi connectivity index (χ1n) is 6.17. The molecule has 0 aromatic carbocycles. The van der Waals surface area contributed by atoms with Gasteiger partial charge in [-0.05, 0) is 38.5 Å². The third-order valence-electron chi connectivity index (χ3n) is 3.20. The van der Waals surface area contributed by atoms with Gasteiger partial charge < -0.3 is 15.8 Å². The lowest BCUT2D eigenvalue weighted by Gasteiger charge is -2.25. The Morgan fingerprint density at radius 1 is 1.33 bits per heavy atom. The van der Waals surface area contributed by atoms with Crippen LogP contribution in [0.4, 0.5) is 0 Å². The molecule has 15 heavy (non-hydrogen) atoms. The molecule has 0 aromatic heterocycles. The normalized spacial score (nSPS) is 32.7. The molecule has 2 rings (SSSR count). The van der Waals surface area contributed by atoms with Crippen molar-refractivity contribution in [1.82, 2.24) is 5.32 Å². The number of hydrogen-bond donors (Lipinski definition) is 2. The van der Waals surface area contributed by atoms with E-state index in [1.165, 1.54) is 31.4 Å². The average molecular weight is 210 g/mol. The van der Waals surface area contributed by atoms with E-state index >= 15 is 0 Å². The fraction of sp³-hybridized carbons (Fsp3) is 0.833. The highest BCUT2D eigenvalue weighted by Crippen LogP contribution is 2.20. The quantitative estimate of drug-likeness (QED) is 0.731. The summed E-state index contributed by atoms with van der Waals surface area (Å²) in [5.74, 6) is 0. The van der Waals surface area contributed by atoms with Crippen LogP contribution in [0.3, 0.4) is 0 Å². The van der Waals surface area contributed by atoms with Crippen molar-refractivity contribution in [2.75, 3.05) is 6.61 Å². The van der Waals surface area contributed by atoms with Crippen molar-refractivity contribution in [2.24, 2.45) is 5.73 Å². The zero-order chi connectivity index (χ0) is 10.5. The van der Waals surface area contributed by atoms with Crippen molar-refractivity contribution in [3.05, 3.63) is 11.8 Å². The molecule has 0 amide bonds. The maximum Gasteiger partial charge on any atom is 0.0740 e. The van der Waals surface area contributed by atoms with Gasteiger partial charge in [0.05, 0.1) is 12.3 Å². The van der Waals surface area contributed by atoms with E-state index in [1.807, 2.05) is 0 Å². The summed E-state index contributed by atoms with van der Waals surface area (Å²) in [7, 11) is 0. The van der Waals surface area contributed by atoms with Crippen LogP contribution in [-0.4, -0.2) is 18.9 Å². The summed E-state index contributed by atoms with van der Waals surface area (Å²) in [6.07, 6.45) is 11.0. The van der Waals surface area contributed by atoms with Gasteiger partial charge in [0.15, 0.2) is 0 Å². The molecule has 0 aromatic rings. The van der Waals surface area contributed by atoms with Crippen LogP contribution in [0.2, 0.25) is 0 Å². The summed E-state index contributed by atoms with van der Waals surface area (Å²) in [5.41, 5.74) is 7.24. The van der Waals surface area contributed by atoms with Crippen molar-refractivity contribution in [1.29, 1.82) is 0 Å². The Morgan fingerprint density at radius 2 is 2.27 bits per heavy atom.